The third-order valence-electron chi connectivity index (χ3n) is 6.37. The van der Waals surface area contributed by atoms with Crippen molar-refractivity contribution in [2.24, 2.45) is 0 Å². The predicted octanol–water partition coefficient (Wildman–Crippen LogP) is 4.27. The van der Waals surface area contributed by atoms with Crippen molar-refractivity contribution in [1.29, 1.82) is 0 Å². The lowest BCUT2D eigenvalue weighted by Crippen LogP contribution is -2.50. The zero-order valence-corrected chi connectivity index (χ0v) is 23.7. The predicted molar refractivity (Wildman–Crippen MR) is 148 cm³/mol. The molecule has 2 atom stereocenters. The van der Waals surface area contributed by atoms with E-state index in [1.807, 2.05) is 64.1 Å². The van der Waals surface area contributed by atoms with Crippen LogP contribution in [0, 0.1) is 6.92 Å². The molecule has 2 aromatic rings. The molecule has 0 fully saturated rings. The van der Waals surface area contributed by atoms with Gasteiger partial charge in [0.2, 0.25) is 21.8 Å². The summed E-state index contributed by atoms with van der Waals surface area (Å²) < 4.78 is 31.5. The van der Waals surface area contributed by atoms with E-state index in [1.165, 1.54) is 4.31 Å². The van der Waals surface area contributed by atoms with Crippen LogP contribution in [0.4, 0.5) is 5.69 Å². The fraction of sp³-hybridized carbons (Fsp3) is 0.500. The van der Waals surface area contributed by atoms with Gasteiger partial charge < -0.3 is 15.0 Å². The molecule has 37 heavy (non-hydrogen) atoms. The standard InChI is InChI=1S/C28H41N3O5S/c1-7-22(4)29-28(33)26(8-2)30(20-23-13-17-25(36-5)18-14-23)27(32)10-9-19-31(37(6,34)35)24-15-11-21(3)12-16-24/h11-18,22,26H,7-10,19-20H2,1-6H3,(H,29,33)/t22-,26+/m0/s1. The maximum atomic E-state index is 13.5. The number of hydrogen-bond donors (Lipinski definition) is 1. The van der Waals surface area contributed by atoms with Gasteiger partial charge in [-0.25, -0.2) is 8.42 Å². The molecule has 204 valence electrons. The molecule has 0 bridgehead atoms. The number of nitrogens with one attached hydrogen (secondary N) is 1. The Morgan fingerprint density at radius 3 is 2.14 bits per heavy atom. The van der Waals surface area contributed by atoms with Crippen molar-refractivity contribution in [1.82, 2.24) is 10.2 Å². The smallest absolute Gasteiger partial charge is 0.243 e. The molecule has 0 spiro atoms. The highest BCUT2D eigenvalue weighted by Crippen LogP contribution is 2.21. The number of carbonyl (C=O) groups excluding carboxylic acids is 2. The number of anilines is 1. The van der Waals surface area contributed by atoms with Crippen LogP contribution in [-0.4, -0.2) is 57.1 Å². The number of carbonyl (C=O) groups is 2. The largest absolute Gasteiger partial charge is 0.497 e. The molecule has 2 amide bonds. The first kappa shape index (κ1) is 30.2. The average Bonchev–Trinajstić information content (AvgIpc) is 2.86. The number of aryl methyl sites for hydroxylation is 1. The van der Waals surface area contributed by atoms with Gasteiger partial charge in [-0.1, -0.05) is 43.7 Å². The van der Waals surface area contributed by atoms with Gasteiger partial charge in [-0.2, -0.15) is 0 Å². The number of rotatable bonds is 14. The Hall–Kier alpha value is -3.07. The number of methoxy groups -OCH3 is 1. The molecule has 0 saturated heterocycles. The summed E-state index contributed by atoms with van der Waals surface area (Å²) >= 11 is 0. The van der Waals surface area contributed by atoms with E-state index in [0.717, 1.165) is 23.8 Å². The molecule has 0 aromatic heterocycles. The van der Waals surface area contributed by atoms with Crippen molar-refractivity contribution < 1.29 is 22.7 Å². The van der Waals surface area contributed by atoms with Crippen LogP contribution in [-0.2, 0) is 26.2 Å². The maximum Gasteiger partial charge on any atom is 0.243 e. The van der Waals surface area contributed by atoms with Crippen molar-refractivity contribution >= 4 is 27.5 Å². The molecule has 0 heterocycles. The zero-order valence-electron chi connectivity index (χ0n) is 22.9. The first-order valence-corrected chi connectivity index (χ1v) is 14.6. The van der Waals surface area contributed by atoms with Crippen LogP contribution in [0.1, 0.15) is 57.6 Å². The van der Waals surface area contributed by atoms with Gasteiger partial charge in [-0.15, -0.1) is 0 Å². The van der Waals surface area contributed by atoms with Gasteiger partial charge in [-0.05, 0) is 62.9 Å². The second kappa shape index (κ2) is 14.0. The topological polar surface area (TPSA) is 96.0 Å². The highest BCUT2D eigenvalue weighted by Gasteiger charge is 2.29. The van der Waals surface area contributed by atoms with E-state index in [4.69, 9.17) is 4.74 Å². The Labute approximate surface area is 222 Å². The van der Waals surface area contributed by atoms with Crippen LogP contribution in [0.5, 0.6) is 5.75 Å². The quantitative estimate of drug-likeness (QED) is 0.393. The highest BCUT2D eigenvalue weighted by molar-refractivity contribution is 7.92. The van der Waals surface area contributed by atoms with Crippen LogP contribution in [0.3, 0.4) is 0 Å². The van der Waals surface area contributed by atoms with Crippen molar-refractivity contribution in [2.45, 2.75) is 72.0 Å². The number of hydrogen-bond acceptors (Lipinski definition) is 5. The number of ether oxygens (including phenoxy) is 1. The second-order valence-corrected chi connectivity index (χ2v) is 11.3. The summed E-state index contributed by atoms with van der Waals surface area (Å²) in [6.07, 6.45) is 2.85. The van der Waals surface area contributed by atoms with E-state index in [2.05, 4.69) is 5.32 Å². The van der Waals surface area contributed by atoms with Crippen LogP contribution in [0.15, 0.2) is 48.5 Å². The van der Waals surface area contributed by atoms with Gasteiger partial charge in [0, 0.05) is 25.6 Å². The molecule has 2 rings (SSSR count). The third kappa shape index (κ3) is 9.07. The fourth-order valence-corrected chi connectivity index (χ4v) is 4.97. The molecule has 0 unspecified atom stereocenters. The Kier molecular flexibility index (Phi) is 11.4. The molecule has 8 nitrogen and oxygen atoms in total. The summed E-state index contributed by atoms with van der Waals surface area (Å²) in [6.45, 7) is 8.19. The monoisotopic (exact) mass is 531 g/mol. The number of nitrogens with zero attached hydrogens (tertiary/aromatic N) is 2. The Balaban J connectivity index is 2.22. The minimum Gasteiger partial charge on any atom is -0.497 e. The molecule has 2 aromatic carbocycles. The Bertz CT molecular complexity index is 1120. The molecule has 1 N–H and O–H groups in total. The van der Waals surface area contributed by atoms with E-state index in [0.29, 0.717) is 24.3 Å². The number of amides is 2. The Morgan fingerprint density at radius 2 is 1.62 bits per heavy atom. The molecule has 0 radical (unpaired) electrons. The van der Waals surface area contributed by atoms with Crippen LogP contribution >= 0.6 is 0 Å². The first-order valence-electron chi connectivity index (χ1n) is 12.8. The minimum absolute atomic E-state index is 0.00248. The van der Waals surface area contributed by atoms with Crippen molar-refractivity contribution in [3.8, 4) is 5.75 Å². The van der Waals surface area contributed by atoms with E-state index >= 15 is 0 Å². The summed E-state index contributed by atoms with van der Waals surface area (Å²) in [5.74, 6) is 0.329. The lowest BCUT2D eigenvalue weighted by Gasteiger charge is -2.32. The van der Waals surface area contributed by atoms with E-state index < -0.39 is 16.1 Å². The summed E-state index contributed by atoms with van der Waals surface area (Å²) in [4.78, 5) is 28.2. The summed E-state index contributed by atoms with van der Waals surface area (Å²) in [5, 5.41) is 3.00. The van der Waals surface area contributed by atoms with Crippen molar-refractivity contribution in [3.63, 3.8) is 0 Å². The van der Waals surface area contributed by atoms with Gasteiger partial charge in [0.1, 0.15) is 11.8 Å². The molecule has 0 saturated carbocycles. The summed E-state index contributed by atoms with van der Waals surface area (Å²) in [7, 11) is -1.93. The number of sulfonamides is 1. The average molecular weight is 532 g/mol. The van der Waals surface area contributed by atoms with Crippen molar-refractivity contribution in [3.05, 3.63) is 59.7 Å². The molecule has 0 aliphatic rings. The van der Waals surface area contributed by atoms with E-state index in [9.17, 15) is 18.0 Å². The second-order valence-electron chi connectivity index (χ2n) is 9.39. The lowest BCUT2D eigenvalue weighted by molar-refractivity contribution is -0.141. The van der Waals surface area contributed by atoms with E-state index in [-0.39, 0.29) is 37.4 Å². The van der Waals surface area contributed by atoms with Crippen LogP contribution in [0.25, 0.3) is 0 Å². The minimum atomic E-state index is -3.52. The van der Waals surface area contributed by atoms with Gasteiger partial charge >= 0.3 is 0 Å². The third-order valence-corrected chi connectivity index (χ3v) is 7.57. The zero-order chi connectivity index (χ0) is 27.6. The van der Waals surface area contributed by atoms with E-state index in [1.54, 1.807) is 24.1 Å². The molecule has 9 heteroatoms. The normalized spacial score (nSPS) is 12.9. The van der Waals surface area contributed by atoms with Gasteiger partial charge in [0.25, 0.3) is 0 Å². The molecule has 0 aliphatic heterocycles. The molecule has 0 aliphatic carbocycles. The summed E-state index contributed by atoms with van der Waals surface area (Å²) in [6, 6.07) is 14.0. The Morgan fingerprint density at radius 1 is 1.00 bits per heavy atom. The highest BCUT2D eigenvalue weighted by atomic mass is 32.2. The lowest BCUT2D eigenvalue weighted by atomic mass is 10.1. The fourth-order valence-electron chi connectivity index (χ4n) is 4.00. The van der Waals surface area contributed by atoms with Crippen LogP contribution in [0.2, 0.25) is 0 Å². The molecular weight excluding hydrogens is 490 g/mol. The summed E-state index contributed by atoms with van der Waals surface area (Å²) in [5.41, 5.74) is 2.47. The first-order chi connectivity index (χ1) is 17.5. The van der Waals surface area contributed by atoms with Gasteiger partial charge in [0.15, 0.2) is 0 Å². The number of benzene rings is 2. The van der Waals surface area contributed by atoms with Gasteiger partial charge in [-0.3, -0.25) is 13.9 Å². The molecular formula is C28H41N3O5S. The van der Waals surface area contributed by atoms with Crippen LogP contribution < -0.4 is 14.4 Å². The van der Waals surface area contributed by atoms with Crippen molar-refractivity contribution in [2.75, 3.05) is 24.2 Å². The SMILES string of the molecule is CC[C@H](C(=O)N[C@@H](C)CC)N(Cc1ccc(OC)cc1)C(=O)CCCN(c1ccc(C)cc1)S(C)(=O)=O. The van der Waals surface area contributed by atoms with Gasteiger partial charge in [0.05, 0.1) is 19.1 Å². The maximum absolute atomic E-state index is 13.5.